The third kappa shape index (κ3) is 3.46. The van der Waals surface area contributed by atoms with Crippen LogP contribution in [0.3, 0.4) is 0 Å². The minimum Gasteiger partial charge on any atom is -0.503 e. The number of ether oxygens (including phenoxy) is 1. The number of ketones is 2. The van der Waals surface area contributed by atoms with Gasteiger partial charge in [0.05, 0.1) is 29.1 Å². The number of carbonyl (C=O) groups excluding carboxylic acids is 4. The van der Waals surface area contributed by atoms with Gasteiger partial charge in [0.25, 0.3) is 0 Å². The maximum atomic E-state index is 13.8. The van der Waals surface area contributed by atoms with Crippen LogP contribution in [-0.2, 0) is 19.2 Å². The highest BCUT2D eigenvalue weighted by atomic mass is 79.9. The van der Waals surface area contributed by atoms with Crippen LogP contribution in [0.25, 0.3) is 0 Å². The second-order valence-electron chi connectivity index (χ2n) is 10.1. The Balaban J connectivity index is 1.52. The molecule has 8 heteroatoms. The molecule has 0 aromatic heterocycles. The van der Waals surface area contributed by atoms with Crippen LogP contribution in [0.15, 0.2) is 81.4 Å². The molecule has 1 N–H and O–H groups in total. The normalized spacial score (nSPS) is 26.6. The minimum atomic E-state index is -0.642. The number of imide groups is 1. The number of hydrogen-bond acceptors (Lipinski definition) is 6. The van der Waals surface area contributed by atoms with E-state index in [2.05, 4.69) is 15.9 Å². The van der Waals surface area contributed by atoms with E-state index >= 15 is 0 Å². The highest BCUT2D eigenvalue weighted by Crippen LogP contribution is 2.56. The molecule has 0 saturated carbocycles. The van der Waals surface area contributed by atoms with Gasteiger partial charge in [0.15, 0.2) is 23.1 Å². The van der Waals surface area contributed by atoms with E-state index < -0.39 is 23.7 Å². The quantitative estimate of drug-likeness (QED) is 0.321. The molecular weight excluding hydrogens is 550 g/mol. The van der Waals surface area contributed by atoms with Crippen molar-refractivity contribution in [3.05, 3.63) is 86.9 Å². The molecule has 2 amide bonds. The Kier molecular flexibility index (Phi) is 5.76. The SMILES string of the molecule is COc1cc([C@H]2C3=CC[C@@H]4C(=O)N(c5ccccc5)C(=O)[C@@H]4[C@@H]3CC3=C2C(=O)C(C)=CC3=O)cc(Br)c1O. The summed E-state index contributed by atoms with van der Waals surface area (Å²) in [6.45, 7) is 1.63. The second kappa shape index (κ2) is 8.91. The molecule has 2 aromatic carbocycles. The number of phenolic OH excluding ortho intramolecular Hbond substituents is 1. The summed E-state index contributed by atoms with van der Waals surface area (Å²) >= 11 is 3.38. The zero-order valence-corrected chi connectivity index (χ0v) is 22.3. The number of halogens is 1. The smallest absolute Gasteiger partial charge is 0.238 e. The summed E-state index contributed by atoms with van der Waals surface area (Å²) < 4.78 is 5.76. The van der Waals surface area contributed by atoms with Crippen LogP contribution in [0.2, 0.25) is 0 Å². The van der Waals surface area contributed by atoms with Crippen molar-refractivity contribution in [1.82, 2.24) is 0 Å². The van der Waals surface area contributed by atoms with Gasteiger partial charge in [-0.2, -0.15) is 0 Å². The fourth-order valence-corrected chi connectivity index (χ4v) is 6.95. The van der Waals surface area contributed by atoms with Crippen molar-refractivity contribution < 1.29 is 29.0 Å². The van der Waals surface area contributed by atoms with Gasteiger partial charge in [-0.25, -0.2) is 0 Å². The summed E-state index contributed by atoms with van der Waals surface area (Å²) in [5.41, 5.74) is 3.17. The number of hydrogen-bond donors (Lipinski definition) is 1. The van der Waals surface area contributed by atoms with E-state index in [0.29, 0.717) is 38.9 Å². The summed E-state index contributed by atoms with van der Waals surface area (Å²) in [7, 11) is 1.44. The lowest BCUT2D eigenvalue weighted by Gasteiger charge is -2.42. The van der Waals surface area contributed by atoms with Crippen molar-refractivity contribution in [1.29, 1.82) is 0 Å². The number of aromatic hydroxyl groups is 1. The molecule has 0 unspecified atom stereocenters. The average molecular weight is 574 g/mol. The Morgan fingerprint density at radius 1 is 1.03 bits per heavy atom. The first-order valence-electron chi connectivity index (χ1n) is 12.4. The Hall–Kier alpha value is -3.78. The van der Waals surface area contributed by atoms with Crippen LogP contribution in [-0.4, -0.2) is 35.6 Å². The van der Waals surface area contributed by atoms with Gasteiger partial charge in [-0.05, 0) is 77.5 Å². The number of carbonyl (C=O) groups is 4. The lowest BCUT2D eigenvalue weighted by atomic mass is 9.59. The van der Waals surface area contributed by atoms with Gasteiger partial charge < -0.3 is 9.84 Å². The molecule has 3 aliphatic carbocycles. The highest BCUT2D eigenvalue weighted by Gasteiger charge is 2.56. The van der Waals surface area contributed by atoms with E-state index in [4.69, 9.17) is 4.74 Å². The number of Topliss-reactive ketones (excluding diaryl/α,β-unsaturated/α-hetero) is 1. The minimum absolute atomic E-state index is 0.0762. The zero-order chi connectivity index (χ0) is 26.9. The van der Waals surface area contributed by atoms with Crippen LogP contribution in [0.5, 0.6) is 11.5 Å². The van der Waals surface area contributed by atoms with E-state index in [-0.39, 0.29) is 41.3 Å². The molecule has 0 radical (unpaired) electrons. The van der Waals surface area contributed by atoms with Crippen LogP contribution in [0.4, 0.5) is 5.69 Å². The third-order valence-electron chi connectivity index (χ3n) is 8.18. The Morgan fingerprint density at radius 2 is 1.76 bits per heavy atom. The fraction of sp³-hybridized carbons (Fsp3) is 0.267. The number of methoxy groups -OCH3 is 1. The molecule has 0 spiro atoms. The maximum absolute atomic E-state index is 13.8. The van der Waals surface area contributed by atoms with E-state index in [1.54, 1.807) is 43.3 Å². The molecule has 1 fully saturated rings. The first-order valence-corrected chi connectivity index (χ1v) is 13.2. The maximum Gasteiger partial charge on any atom is 0.238 e. The molecule has 1 aliphatic heterocycles. The molecule has 0 bridgehead atoms. The Labute approximate surface area is 227 Å². The van der Waals surface area contributed by atoms with Crippen molar-refractivity contribution in [2.75, 3.05) is 12.0 Å². The van der Waals surface area contributed by atoms with Gasteiger partial charge in [0.2, 0.25) is 11.8 Å². The third-order valence-corrected chi connectivity index (χ3v) is 8.79. The van der Waals surface area contributed by atoms with Gasteiger partial charge in [0, 0.05) is 22.6 Å². The molecule has 4 atom stereocenters. The number of nitrogens with zero attached hydrogens (tertiary/aromatic N) is 1. The van der Waals surface area contributed by atoms with E-state index in [9.17, 15) is 24.3 Å². The van der Waals surface area contributed by atoms with Crippen LogP contribution >= 0.6 is 15.9 Å². The topological polar surface area (TPSA) is 101 Å². The molecule has 2 aromatic rings. The largest absolute Gasteiger partial charge is 0.503 e. The zero-order valence-electron chi connectivity index (χ0n) is 20.7. The Bertz CT molecular complexity index is 1540. The van der Waals surface area contributed by atoms with E-state index in [0.717, 1.165) is 5.57 Å². The van der Waals surface area contributed by atoms with Crippen LogP contribution < -0.4 is 9.64 Å². The molecule has 38 heavy (non-hydrogen) atoms. The summed E-state index contributed by atoms with van der Waals surface area (Å²) in [5, 5.41) is 10.4. The van der Waals surface area contributed by atoms with Crippen molar-refractivity contribution in [3.63, 3.8) is 0 Å². The predicted octanol–water partition coefficient (Wildman–Crippen LogP) is 4.80. The number of para-hydroxylation sites is 1. The van der Waals surface area contributed by atoms with Crippen molar-refractivity contribution in [3.8, 4) is 11.5 Å². The highest BCUT2D eigenvalue weighted by molar-refractivity contribution is 9.10. The first-order chi connectivity index (χ1) is 18.2. The summed E-state index contributed by atoms with van der Waals surface area (Å²) in [6.07, 6.45) is 3.90. The second-order valence-corrected chi connectivity index (χ2v) is 11.0. The molecule has 7 nitrogen and oxygen atoms in total. The average Bonchev–Trinajstić information content (AvgIpc) is 3.17. The van der Waals surface area contributed by atoms with Gasteiger partial charge in [-0.15, -0.1) is 0 Å². The standard InChI is InChI=1S/C30H24BrNO6/c1-14-10-22(33)20-13-19-17(24(26(20)27(14)34)15-11-21(31)28(35)23(12-15)38-2)8-9-18-25(19)30(37)32(29(18)36)16-6-4-3-5-7-16/h3-8,10-12,18-19,24-25,35H,9,13H2,1-2H3/t18-,19+,24-,25-/m0/s1. The lowest BCUT2D eigenvalue weighted by Crippen LogP contribution is -2.39. The fourth-order valence-electron chi connectivity index (χ4n) is 6.49. The van der Waals surface area contributed by atoms with Crippen molar-refractivity contribution in [2.24, 2.45) is 17.8 Å². The molecule has 192 valence electrons. The monoisotopic (exact) mass is 573 g/mol. The number of fused-ring (bicyclic) bond motifs is 3. The van der Waals surface area contributed by atoms with Gasteiger partial charge in [-0.3, -0.25) is 24.1 Å². The number of allylic oxidation sites excluding steroid dienone is 6. The van der Waals surface area contributed by atoms with E-state index in [1.165, 1.54) is 18.1 Å². The van der Waals surface area contributed by atoms with E-state index in [1.807, 2.05) is 12.1 Å². The van der Waals surface area contributed by atoms with Gasteiger partial charge >= 0.3 is 0 Å². The van der Waals surface area contributed by atoms with Gasteiger partial charge in [-0.1, -0.05) is 29.8 Å². The number of rotatable bonds is 3. The van der Waals surface area contributed by atoms with Gasteiger partial charge in [0.1, 0.15) is 0 Å². The summed E-state index contributed by atoms with van der Waals surface area (Å²) in [4.78, 5) is 55.4. The molecule has 4 aliphatic rings. The number of phenols is 1. The predicted molar refractivity (Wildman–Crippen MR) is 143 cm³/mol. The first kappa shape index (κ1) is 24.6. The molecule has 1 saturated heterocycles. The van der Waals surface area contributed by atoms with Crippen molar-refractivity contribution in [2.45, 2.75) is 25.7 Å². The molecule has 1 heterocycles. The number of anilines is 1. The molecule has 6 rings (SSSR count). The summed E-state index contributed by atoms with van der Waals surface area (Å²) in [6, 6.07) is 12.2. The van der Waals surface area contributed by atoms with Crippen molar-refractivity contribution >= 4 is 45.0 Å². The Morgan fingerprint density at radius 3 is 2.47 bits per heavy atom. The number of benzene rings is 2. The lowest BCUT2D eigenvalue weighted by molar-refractivity contribution is -0.123. The molecular formula is C30H24BrNO6. The number of amides is 2. The van der Waals surface area contributed by atoms with Crippen LogP contribution in [0, 0.1) is 17.8 Å². The summed E-state index contributed by atoms with van der Waals surface area (Å²) in [5.74, 6) is -3.06. The van der Waals surface area contributed by atoms with Crippen LogP contribution in [0.1, 0.15) is 31.2 Å².